The molecule has 12 heavy (non-hydrogen) atoms. The second-order valence-electron chi connectivity index (χ2n) is 4.10. The molecule has 0 amide bonds. The smallest absolute Gasteiger partial charge is 0.00948 e. The van der Waals surface area contributed by atoms with Crippen LogP contribution in [-0.2, 0) is 0 Å². The first kappa shape index (κ1) is 12.0. The third-order valence-corrected chi connectivity index (χ3v) is 2.48. The zero-order valence-electron chi connectivity index (χ0n) is 9.35. The Morgan fingerprint density at radius 3 is 2.00 bits per heavy atom. The highest BCUT2D eigenvalue weighted by Gasteiger charge is 2.14. The van der Waals surface area contributed by atoms with Crippen molar-refractivity contribution in [3.8, 4) is 0 Å². The molecule has 0 aromatic carbocycles. The molecule has 1 N–H and O–H groups in total. The van der Waals surface area contributed by atoms with E-state index in [1.807, 2.05) is 0 Å². The average Bonchev–Trinajstić information content (AvgIpc) is 2.01. The Labute approximate surface area is 77.9 Å². The van der Waals surface area contributed by atoms with E-state index in [0.717, 1.165) is 12.0 Å². The molecule has 0 aliphatic rings. The van der Waals surface area contributed by atoms with Gasteiger partial charge in [-0.2, -0.15) is 0 Å². The van der Waals surface area contributed by atoms with Crippen molar-refractivity contribution in [2.24, 2.45) is 5.92 Å². The Hall–Kier alpha value is -0.0400. The topological polar surface area (TPSA) is 12.0 Å². The van der Waals surface area contributed by atoms with Gasteiger partial charge in [-0.15, -0.1) is 0 Å². The Kier molecular flexibility index (Phi) is 6.45. The summed E-state index contributed by atoms with van der Waals surface area (Å²) in [5.74, 6) is 0.812. The maximum Gasteiger partial charge on any atom is 0.00948 e. The van der Waals surface area contributed by atoms with E-state index in [-0.39, 0.29) is 0 Å². The predicted octanol–water partition coefficient (Wildman–Crippen LogP) is 3.20. The van der Waals surface area contributed by atoms with Gasteiger partial charge in [0.2, 0.25) is 0 Å². The molecule has 0 heterocycles. The Balaban J connectivity index is 3.84. The highest BCUT2D eigenvalue weighted by molar-refractivity contribution is 4.73. The van der Waals surface area contributed by atoms with Crippen LogP contribution in [0.25, 0.3) is 0 Å². The van der Waals surface area contributed by atoms with Crippen LogP contribution in [0.2, 0.25) is 0 Å². The summed E-state index contributed by atoms with van der Waals surface area (Å²) in [7, 11) is 0. The van der Waals surface area contributed by atoms with Crippen molar-refractivity contribution in [1.82, 2.24) is 5.32 Å². The molecule has 0 aromatic heterocycles. The minimum atomic E-state index is 0.621. The molecule has 2 unspecified atom stereocenters. The number of rotatable bonds is 6. The highest BCUT2D eigenvalue weighted by Crippen LogP contribution is 2.13. The number of hydrogen-bond donors (Lipinski definition) is 1. The van der Waals surface area contributed by atoms with Gasteiger partial charge in [0, 0.05) is 12.1 Å². The van der Waals surface area contributed by atoms with Crippen LogP contribution in [0.1, 0.15) is 53.9 Å². The van der Waals surface area contributed by atoms with E-state index in [1.54, 1.807) is 0 Å². The van der Waals surface area contributed by atoms with Crippen LogP contribution in [-0.4, -0.2) is 12.1 Å². The van der Waals surface area contributed by atoms with E-state index in [0.29, 0.717) is 6.04 Å². The summed E-state index contributed by atoms with van der Waals surface area (Å²) >= 11 is 0. The van der Waals surface area contributed by atoms with E-state index in [1.165, 1.54) is 19.3 Å². The first-order valence-corrected chi connectivity index (χ1v) is 5.37. The van der Waals surface area contributed by atoms with Crippen molar-refractivity contribution >= 4 is 0 Å². The van der Waals surface area contributed by atoms with Gasteiger partial charge in [-0.3, -0.25) is 0 Å². The molecule has 0 spiro atoms. The summed E-state index contributed by atoms with van der Waals surface area (Å²) in [6.07, 6.45) is 3.88. The molecule has 0 saturated carbocycles. The molecule has 1 heteroatoms. The van der Waals surface area contributed by atoms with Crippen molar-refractivity contribution in [2.75, 3.05) is 0 Å². The standard InChI is InChI=1S/C11H25N/c1-6-8-11(10(5)7-2)12-9(3)4/h9-12H,6-8H2,1-5H3. The first-order chi connectivity index (χ1) is 5.61. The highest BCUT2D eigenvalue weighted by atomic mass is 14.9. The molecule has 2 atom stereocenters. The van der Waals surface area contributed by atoms with E-state index < -0.39 is 0 Å². The maximum absolute atomic E-state index is 3.63. The van der Waals surface area contributed by atoms with Gasteiger partial charge in [-0.05, 0) is 12.3 Å². The van der Waals surface area contributed by atoms with Crippen molar-refractivity contribution in [2.45, 2.75) is 66.0 Å². The van der Waals surface area contributed by atoms with Crippen LogP contribution in [0.15, 0.2) is 0 Å². The second-order valence-corrected chi connectivity index (χ2v) is 4.10. The lowest BCUT2D eigenvalue weighted by atomic mass is 9.95. The quantitative estimate of drug-likeness (QED) is 0.647. The first-order valence-electron chi connectivity index (χ1n) is 5.37. The van der Waals surface area contributed by atoms with Crippen LogP contribution < -0.4 is 5.32 Å². The zero-order chi connectivity index (χ0) is 9.56. The molecule has 0 aromatic rings. The van der Waals surface area contributed by atoms with Gasteiger partial charge in [0.1, 0.15) is 0 Å². The maximum atomic E-state index is 3.63. The van der Waals surface area contributed by atoms with E-state index in [9.17, 15) is 0 Å². The van der Waals surface area contributed by atoms with Crippen molar-refractivity contribution in [3.63, 3.8) is 0 Å². The molecule has 0 rings (SSSR count). The minimum absolute atomic E-state index is 0.621. The second kappa shape index (κ2) is 6.47. The van der Waals surface area contributed by atoms with E-state index >= 15 is 0 Å². The fourth-order valence-corrected chi connectivity index (χ4v) is 1.56. The predicted molar refractivity (Wildman–Crippen MR) is 56.4 cm³/mol. The van der Waals surface area contributed by atoms with E-state index in [4.69, 9.17) is 0 Å². The lowest BCUT2D eigenvalue weighted by molar-refractivity contribution is 0.324. The Bertz CT molecular complexity index is 99.2. The Morgan fingerprint density at radius 2 is 1.67 bits per heavy atom. The van der Waals surface area contributed by atoms with Gasteiger partial charge < -0.3 is 5.32 Å². The molecule has 1 nitrogen and oxygen atoms in total. The van der Waals surface area contributed by atoms with Crippen LogP contribution in [0.5, 0.6) is 0 Å². The third kappa shape index (κ3) is 4.76. The van der Waals surface area contributed by atoms with Gasteiger partial charge in [0.25, 0.3) is 0 Å². The summed E-state index contributed by atoms with van der Waals surface area (Å²) in [5, 5.41) is 3.63. The van der Waals surface area contributed by atoms with Gasteiger partial charge in [-0.25, -0.2) is 0 Å². The van der Waals surface area contributed by atoms with Gasteiger partial charge in [0.15, 0.2) is 0 Å². The van der Waals surface area contributed by atoms with Crippen LogP contribution in [0, 0.1) is 5.92 Å². The summed E-state index contributed by atoms with van der Waals surface area (Å²) in [5.41, 5.74) is 0. The molecular formula is C11H25N. The molecule has 0 bridgehead atoms. The van der Waals surface area contributed by atoms with Crippen molar-refractivity contribution < 1.29 is 0 Å². The average molecular weight is 171 g/mol. The lowest BCUT2D eigenvalue weighted by Crippen LogP contribution is -2.39. The van der Waals surface area contributed by atoms with Gasteiger partial charge >= 0.3 is 0 Å². The van der Waals surface area contributed by atoms with Crippen LogP contribution in [0.4, 0.5) is 0 Å². The summed E-state index contributed by atoms with van der Waals surface area (Å²) in [6.45, 7) is 11.3. The summed E-state index contributed by atoms with van der Waals surface area (Å²) in [6, 6.07) is 1.34. The molecule has 0 aliphatic carbocycles. The molecule has 74 valence electrons. The van der Waals surface area contributed by atoms with E-state index in [2.05, 4.69) is 39.9 Å². The lowest BCUT2D eigenvalue weighted by Gasteiger charge is -2.26. The molecular weight excluding hydrogens is 146 g/mol. The third-order valence-electron chi connectivity index (χ3n) is 2.48. The van der Waals surface area contributed by atoms with Crippen LogP contribution in [0.3, 0.4) is 0 Å². The van der Waals surface area contributed by atoms with Crippen molar-refractivity contribution in [1.29, 1.82) is 0 Å². The number of hydrogen-bond acceptors (Lipinski definition) is 1. The number of nitrogens with one attached hydrogen (secondary N) is 1. The monoisotopic (exact) mass is 171 g/mol. The molecule has 0 saturated heterocycles. The van der Waals surface area contributed by atoms with Crippen LogP contribution >= 0.6 is 0 Å². The van der Waals surface area contributed by atoms with Gasteiger partial charge in [-0.1, -0.05) is 47.5 Å². The summed E-state index contributed by atoms with van der Waals surface area (Å²) < 4.78 is 0. The van der Waals surface area contributed by atoms with Gasteiger partial charge in [0.05, 0.1) is 0 Å². The fourth-order valence-electron chi connectivity index (χ4n) is 1.56. The largest absolute Gasteiger partial charge is 0.312 e. The normalized spacial score (nSPS) is 16.5. The molecule has 0 aliphatic heterocycles. The molecule has 0 fully saturated rings. The zero-order valence-corrected chi connectivity index (χ0v) is 9.35. The summed E-state index contributed by atoms with van der Waals surface area (Å²) in [4.78, 5) is 0. The van der Waals surface area contributed by atoms with Crippen molar-refractivity contribution in [3.05, 3.63) is 0 Å². The Morgan fingerprint density at radius 1 is 1.08 bits per heavy atom. The fraction of sp³-hybridized carbons (Fsp3) is 1.00. The SMILES string of the molecule is CCCC(NC(C)C)C(C)CC. The minimum Gasteiger partial charge on any atom is -0.312 e. The molecule has 0 radical (unpaired) electrons.